The summed E-state index contributed by atoms with van der Waals surface area (Å²) in [6.07, 6.45) is 2.49. The summed E-state index contributed by atoms with van der Waals surface area (Å²) in [6, 6.07) is -1.63. The molecule has 0 aromatic carbocycles. The Morgan fingerprint density at radius 3 is 2.38 bits per heavy atom. The Labute approximate surface area is 139 Å². The Hall–Kier alpha value is -2.47. The van der Waals surface area contributed by atoms with Crippen molar-refractivity contribution in [2.24, 2.45) is 27.9 Å². The summed E-state index contributed by atoms with van der Waals surface area (Å²) in [7, 11) is 0. The van der Waals surface area contributed by atoms with Gasteiger partial charge in [-0.25, -0.2) is 15.1 Å². The molecular formula is C12H26N8O4. The zero-order valence-electron chi connectivity index (χ0n) is 13.4. The van der Waals surface area contributed by atoms with Crippen LogP contribution in [-0.2, 0) is 9.59 Å². The van der Waals surface area contributed by atoms with E-state index < -0.39 is 28.9 Å². The quantitative estimate of drug-likeness (QED) is 0.0715. The minimum Gasteiger partial charge on any atom is -0.368 e. The number of amides is 2. The zero-order chi connectivity index (χ0) is 18.5. The highest BCUT2D eigenvalue weighted by atomic mass is 16.7. The van der Waals surface area contributed by atoms with Gasteiger partial charge in [0.25, 0.3) is 5.96 Å². The normalized spacial score (nSPS) is 13.8. The first-order valence-electron chi connectivity index (χ1n) is 7.54. The topological polar surface area (TPSA) is 218 Å². The van der Waals surface area contributed by atoms with Crippen molar-refractivity contribution < 1.29 is 14.6 Å². The second-order valence-corrected chi connectivity index (χ2v) is 5.13. The molecule has 138 valence electrons. The van der Waals surface area contributed by atoms with Crippen molar-refractivity contribution in [3.8, 4) is 0 Å². The SMILES string of the molecule is NCCCC[C@@H](N)C(=O)N[C@@H](CCCN=C(N)N[N+](=O)[O-])C(N)=O. The van der Waals surface area contributed by atoms with Gasteiger partial charge in [-0.05, 0) is 32.2 Å². The number of carbonyl (C=O) groups excluding carboxylic acids is 2. The van der Waals surface area contributed by atoms with Crippen molar-refractivity contribution in [2.45, 2.75) is 44.2 Å². The van der Waals surface area contributed by atoms with Gasteiger partial charge in [0, 0.05) is 6.54 Å². The molecule has 0 aromatic heterocycles. The van der Waals surface area contributed by atoms with Crippen molar-refractivity contribution in [1.82, 2.24) is 10.7 Å². The molecule has 0 spiro atoms. The first-order valence-corrected chi connectivity index (χ1v) is 7.54. The minimum atomic E-state index is -0.891. The fourth-order valence-corrected chi connectivity index (χ4v) is 1.83. The van der Waals surface area contributed by atoms with Crippen LogP contribution in [0.15, 0.2) is 4.99 Å². The summed E-state index contributed by atoms with van der Waals surface area (Å²) >= 11 is 0. The molecule has 0 rings (SSSR count). The summed E-state index contributed by atoms with van der Waals surface area (Å²) in [5.41, 5.74) is 23.3. The van der Waals surface area contributed by atoms with Crippen LogP contribution in [-0.4, -0.2) is 48.0 Å². The number of nitrogens with zero attached hydrogens (tertiary/aromatic N) is 2. The summed E-state index contributed by atoms with van der Waals surface area (Å²) in [5, 5.41) is 11.8. The first-order chi connectivity index (χ1) is 11.3. The molecule has 0 aliphatic heterocycles. The number of guanidine groups is 1. The van der Waals surface area contributed by atoms with E-state index in [1.165, 1.54) is 0 Å². The lowest BCUT2D eigenvalue weighted by Gasteiger charge is -2.18. The van der Waals surface area contributed by atoms with Gasteiger partial charge in [0.15, 0.2) is 5.03 Å². The number of hydrogen-bond acceptors (Lipinski definition) is 7. The van der Waals surface area contributed by atoms with Gasteiger partial charge in [0.1, 0.15) is 6.04 Å². The van der Waals surface area contributed by atoms with Crippen LogP contribution in [0.2, 0.25) is 0 Å². The third kappa shape index (κ3) is 10.3. The van der Waals surface area contributed by atoms with Crippen LogP contribution >= 0.6 is 0 Å². The van der Waals surface area contributed by atoms with Crippen molar-refractivity contribution in [3.63, 3.8) is 0 Å². The van der Waals surface area contributed by atoms with Gasteiger partial charge in [-0.2, -0.15) is 0 Å². The molecule has 0 aliphatic rings. The van der Waals surface area contributed by atoms with E-state index in [1.807, 2.05) is 0 Å². The number of hydrazine groups is 1. The number of aliphatic imine (C=N–C) groups is 1. The average molecular weight is 346 g/mol. The highest BCUT2D eigenvalue weighted by Crippen LogP contribution is 2.02. The van der Waals surface area contributed by atoms with Crippen LogP contribution in [0.25, 0.3) is 0 Å². The van der Waals surface area contributed by atoms with Crippen molar-refractivity contribution >= 4 is 17.8 Å². The van der Waals surface area contributed by atoms with E-state index in [0.717, 1.165) is 6.42 Å². The predicted molar refractivity (Wildman–Crippen MR) is 87.9 cm³/mol. The highest BCUT2D eigenvalue weighted by molar-refractivity contribution is 5.88. The number of rotatable bonds is 12. The number of unbranched alkanes of at least 4 members (excludes halogenated alkanes) is 1. The fraction of sp³-hybridized carbons (Fsp3) is 0.750. The lowest BCUT2D eigenvalue weighted by Crippen LogP contribution is -2.50. The largest absolute Gasteiger partial charge is 0.368 e. The molecule has 24 heavy (non-hydrogen) atoms. The van der Waals surface area contributed by atoms with Crippen LogP contribution in [0.1, 0.15) is 32.1 Å². The number of primary amides is 1. The monoisotopic (exact) mass is 346 g/mol. The Morgan fingerprint density at radius 1 is 1.17 bits per heavy atom. The maximum absolute atomic E-state index is 11.9. The van der Waals surface area contributed by atoms with Gasteiger partial charge in [0.05, 0.1) is 6.04 Å². The summed E-state index contributed by atoms with van der Waals surface area (Å²) in [4.78, 5) is 37.1. The maximum Gasteiger partial charge on any atom is 0.251 e. The summed E-state index contributed by atoms with van der Waals surface area (Å²) < 4.78 is 0. The number of nitro groups is 1. The molecule has 0 fully saturated rings. The molecule has 0 aromatic rings. The van der Waals surface area contributed by atoms with Gasteiger partial charge in [-0.1, -0.05) is 11.8 Å². The van der Waals surface area contributed by atoms with E-state index in [0.29, 0.717) is 25.8 Å². The molecule has 10 N–H and O–H groups in total. The van der Waals surface area contributed by atoms with Crippen LogP contribution in [0.4, 0.5) is 0 Å². The Balaban J connectivity index is 4.28. The number of hydrogen-bond donors (Lipinski definition) is 6. The van der Waals surface area contributed by atoms with Crippen molar-refractivity contribution in [1.29, 1.82) is 0 Å². The Bertz CT molecular complexity index is 456. The van der Waals surface area contributed by atoms with Gasteiger partial charge < -0.3 is 28.3 Å². The van der Waals surface area contributed by atoms with E-state index >= 15 is 0 Å². The predicted octanol–water partition coefficient (Wildman–Crippen LogP) is -2.71. The first kappa shape index (κ1) is 21.5. The number of carbonyl (C=O) groups is 2. The Morgan fingerprint density at radius 2 is 1.83 bits per heavy atom. The van der Waals surface area contributed by atoms with Crippen molar-refractivity contribution in [3.05, 3.63) is 10.1 Å². The minimum absolute atomic E-state index is 0.134. The number of nitrogens with one attached hydrogen (secondary N) is 2. The lowest BCUT2D eigenvalue weighted by atomic mass is 10.1. The second kappa shape index (κ2) is 12.0. The molecule has 0 heterocycles. The van der Waals surface area contributed by atoms with Crippen LogP contribution < -0.4 is 33.7 Å². The molecule has 12 heteroatoms. The molecule has 12 nitrogen and oxygen atoms in total. The lowest BCUT2D eigenvalue weighted by molar-refractivity contribution is -0.525. The standard InChI is InChI=1S/C12H26N8O4/c13-6-2-1-4-8(14)11(22)18-9(10(15)21)5-3-7-17-12(16)19-20(23)24/h8-9H,1-7,13-14H2,(H2,15,21)(H,18,22)(H3,16,17,19)/t8-,9+/m1/s1. The van der Waals surface area contributed by atoms with E-state index in [4.69, 9.17) is 22.9 Å². The van der Waals surface area contributed by atoms with Gasteiger partial charge in [0.2, 0.25) is 11.8 Å². The molecule has 0 bridgehead atoms. The van der Waals surface area contributed by atoms with Crippen LogP contribution in [0.5, 0.6) is 0 Å². The van der Waals surface area contributed by atoms with E-state index in [2.05, 4.69) is 10.3 Å². The molecule has 0 radical (unpaired) electrons. The van der Waals surface area contributed by atoms with E-state index in [1.54, 1.807) is 5.43 Å². The second-order valence-electron chi connectivity index (χ2n) is 5.13. The van der Waals surface area contributed by atoms with Crippen LogP contribution in [0.3, 0.4) is 0 Å². The van der Waals surface area contributed by atoms with E-state index in [9.17, 15) is 19.7 Å². The van der Waals surface area contributed by atoms with Gasteiger partial charge in [-0.3, -0.25) is 9.59 Å². The molecule has 2 amide bonds. The molecule has 2 atom stereocenters. The maximum atomic E-state index is 11.9. The third-order valence-electron chi connectivity index (χ3n) is 3.10. The van der Waals surface area contributed by atoms with Gasteiger partial charge >= 0.3 is 0 Å². The third-order valence-corrected chi connectivity index (χ3v) is 3.10. The molecular weight excluding hydrogens is 320 g/mol. The van der Waals surface area contributed by atoms with Crippen molar-refractivity contribution in [2.75, 3.05) is 13.1 Å². The van der Waals surface area contributed by atoms with Crippen LogP contribution in [0, 0.1) is 10.1 Å². The molecule has 0 aliphatic carbocycles. The van der Waals surface area contributed by atoms with Gasteiger partial charge in [-0.15, -0.1) is 0 Å². The molecule has 0 unspecified atom stereocenters. The number of nitrogens with two attached hydrogens (primary N) is 4. The smallest absolute Gasteiger partial charge is 0.251 e. The molecule has 0 saturated heterocycles. The molecule has 0 saturated carbocycles. The summed E-state index contributed by atoms with van der Waals surface area (Å²) in [5.74, 6) is -1.51. The van der Waals surface area contributed by atoms with E-state index in [-0.39, 0.29) is 18.9 Å². The Kier molecular flexibility index (Phi) is 10.8. The average Bonchev–Trinajstić information content (AvgIpc) is 2.49. The zero-order valence-corrected chi connectivity index (χ0v) is 13.4. The summed E-state index contributed by atoms with van der Waals surface area (Å²) in [6.45, 7) is 0.655. The fourth-order valence-electron chi connectivity index (χ4n) is 1.83. The highest BCUT2D eigenvalue weighted by Gasteiger charge is 2.21.